The van der Waals surface area contributed by atoms with Crippen molar-refractivity contribution in [2.24, 2.45) is 7.05 Å². The fourth-order valence-corrected chi connectivity index (χ4v) is 7.32. The fourth-order valence-electron chi connectivity index (χ4n) is 6.03. The molecule has 188 valence electrons. The third-order valence-corrected chi connectivity index (χ3v) is 9.52. The summed E-state index contributed by atoms with van der Waals surface area (Å²) >= 11 is 1.67. The number of carbonyl (C=O) groups excluding carboxylic acids is 1. The van der Waals surface area contributed by atoms with Gasteiger partial charge in [0.15, 0.2) is 5.82 Å². The largest absolute Gasteiger partial charge is 0.334 e. The lowest BCUT2D eigenvalue weighted by molar-refractivity contribution is 0.103. The van der Waals surface area contributed by atoms with Crippen molar-refractivity contribution in [1.82, 2.24) is 14.8 Å². The van der Waals surface area contributed by atoms with E-state index in [-0.39, 0.29) is 11.5 Å². The first-order valence-corrected chi connectivity index (χ1v) is 13.8. The molecule has 3 N–H and O–H groups in total. The summed E-state index contributed by atoms with van der Waals surface area (Å²) in [7, 11) is 1.75. The molecule has 8 heteroatoms. The van der Waals surface area contributed by atoms with Crippen molar-refractivity contribution in [3.8, 4) is 11.1 Å². The quantitative estimate of drug-likeness (QED) is 0.280. The highest BCUT2D eigenvalue weighted by Gasteiger charge is 2.39. The Morgan fingerprint density at radius 2 is 1.89 bits per heavy atom. The summed E-state index contributed by atoms with van der Waals surface area (Å²) in [5.41, 5.74) is 6.45. The molecule has 0 spiro atoms. The number of H-pyrrole nitrogens is 1. The molecule has 3 aromatic heterocycles. The topological polar surface area (TPSA) is 91.8 Å². The van der Waals surface area contributed by atoms with Gasteiger partial charge in [-0.3, -0.25) is 14.7 Å². The molecule has 3 heterocycles. The number of fused-ring (bicyclic) bond motifs is 5. The van der Waals surface area contributed by atoms with E-state index in [0.717, 1.165) is 32.9 Å². The molecule has 0 aliphatic heterocycles. The number of thiophene rings is 1. The number of benzene rings is 1. The van der Waals surface area contributed by atoms with E-state index < -0.39 is 0 Å². The number of carbonyl (C=O) groups is 1. The van der Waals surface area contributed by atoms with Crippen LogP contribution in [0.25, 0.3) is 11.1 Å². The van der Waals surface area contributed by atoms with E-state index >= 15 is 0 Å². The van der Waals surface area contributed by atoms with Crippen LogP contribution in [0.2, 0.25) is 0 Å². The van der Waals surface area contributed by atoms with Crippen LogP contribution in [-0.4, -0.2) is 20.7 Å². The van der Waals surface area contributed by atoms with Gasteiger partial charge in [0, 0.05) is 47.1 Å². The Hall–Kier alpha value is -3.65. The molecule has 3 aliphatic carbocycles. The Morgan fingerprint density at radius 3 is 2.70 bits per heavy atom. The molecule has 2 bridgehead atoms. The van der Waals surface area contributed by atoms with Crippen LogP contribution < -0.4 is 16.2 Å². The van der Waals surface area contributed by atoms with Crippen LogP contribution in [0, 0.1) is 6.92 Å². The van der Waals surface area contributed by atoms with Crippen LogP contribution in [0.15, 0.2) is 47.4 Å². The maximum Gasteiger partial charge on any atom is 0.274 e. The summed E-state index contributed by atoms with van der Waals surface area (Å²) in [5.74, 6) is 2.46. The number of nitrogens with one attached hydrogen (secondary N) is 3. The molecule has 1 aromatic carbocycles. The lowest BCUT2D eigenvalue weighted by Crippen LogP contribution is -2.19. The van der Waals surface area contributed by atoms with E-state index in [2.05, 4.69) is 26.9 Å². The summed E-state index contributed by atoms with van der Waals surface area (Å²) in [6.45, 7) is 2.01. The van der Waals surface area contributed by atoms with Crippen LogP contribution >= 0.6 is 11.3 Å². The number of amides is 1. The molecule has 3 aliphatic rings. The average molecular weight is 512 g/mol. The standard InChI is InChI=1S/C29H29N5O2S/c1-15-20(19-11-24(29(36)34(2)14-19)30-26-13-23(32-33-26)16-6-7-16)4-3-5-22(15)31-28(35)25-12-21-17-8-9-18(10-17)27(21)37-25/h3-5,11-14,16-18H,6-10H2,1-2H3,(H,31,35)(H2,30,32,33). The maximum absolute atomic E-state index is 13.2. The predicted molar refractivity (Wildman–Crippen MR) is 147 cm³/mol. The van der Waals surface area contributed by atoms with E-state index in [9.17, 15) is 9.59 Å². The van der Waals surface area contributed by atoms with Crippen LogP contribution in [0.1, 0.15) is 81.2 Å². The van der Waals surface area contributed by atoms with Gasteiger partial charge in [-0.2, -0.15) is 5.10 Å². The van der Waals surface area contributed by atoms with E-state index in [1.165, 1.54) is 42.5 Å². The number of aryl methyl sites for hydroxylation is 1. The van der Waals surface area contributed by atoms with Gasteiger partial charge in [-0.1, -0.05) is 12.1 Å². The molecular formula is C29H29N5O2S. The Kier molecular flexibility index (Phi) is 5.15. The first-order valence-electron chi connectivity index (χ1n) is 13.0. The molecule has 0 saturated heterocycles. The highest BCUT2D eigenvalue weighted by atomic mass is 32.1. The molecular weight excluding hydrogens is 482 g/mol. The number of hydrogen-bond donors (Lipinski definition) is 3. The second-order valence-electron chi connectivity index (χ2n) is 10.7. The molecule has 2 saturated carbocycles. The smallest absolute Gasteiger partial charge is 0.274 e. The van der Waals surface area contributed by atoms with Gasteiger partial charge < -0.3 is 15.2 Å². The number of rotatable bonds is 6. The lowest BCUT2D eigenvalue weighted by Gasteiger charge is -2.14. The third kappa shape index (κ3) is 3.91. The van der Waals surface area contributed by atoms with Gasteiger partial charge >= 0.3 is 0 Å². The van der Waals surface area contributed by atoms with E-state index in [1.54, 1.807) is 23.0 Å². The first kappa shape index (κ1) is 22.5. The van der Waals surface area contributed by atoms with E-state index in [1.807, 2.05) is 43.5 Å². The second-order valence-corrected chi connectivity index (χ2v) is 11.8. The van der Waals surface area contributed by atoms with Gasteiger partial charge in [-0.15, -0.1) is 11.3 Å². The van der Waals surface area contributed by atoms with Gasteiger partial charge in [0.1, 0.15) is 5.69 Å². The minimum absolute atomic E-state index is 0.0492. The van der Waals surface area contributed by atoms with Gasteiger partial charge in [0.25, 0.3) is 11.5 Å². The molecule has 2 fully saturated rings. The van der Waals surface area contributed by atoms with Crippen molar-refractivity contribution < 1.29 is 4.79 Å². The SMILES string of the molecule is Cc1c(NC(=O)c2cc3c(s2)C2CCC3C2)cccc1-c1cc(Nc2cc(C3CC3)[nH]n2)c(=O)n(C)c1. The van der Waals surface area contributed by atoms with Gasteiger partial charge in [0.05, 0.1) is 4.88 Å². The van der Waals surface area contributed by atoms with Crippen molar-refractivity contribution >= 4 is 34.4 Å². The highest BCUT2D eigenvalue weighted by molar-refractivity contribution is 7.14. The summed E-state index contributed by atoms with van der Waals surface area (Å²) in [6, 6.07) is 11.9. The zero-order valence-corrected chi connectivity index (χ0v) is 21.7. The zero-order valence-electron chi connectivity index (χ0n) is 20.9. The Balaban J connectivity index is 1.16. The number of pyridine rings is 1. The van der Waals surface area contributed by atoms with Crippen LogP contribution in [0.3, 0.4) is 0 Å². The molecule has 2 atom stereocenters. The number of aromatic nitrogens is 3. The normalized spacial score (nSPS) is 19.7. The number of nitrogens with zero attached hydrogens (tertiary/aromatic N) is 2. The Morgan fingerprint density at radius 1 is 1.08 bits per heavy atom. The van der Waals surface area contributed by atoms with Crippen LogP contribution in [0.5, 0.6) is 0 Å². The minimum Gasteiger partial charge on any atom is -0.334 e. The molecule has 1 amide bonds. The molecule has 4 aromatic rings. The van der Waals surface area contributed by atoms with E-state index in [4.69, 9.17) is 0 Å². The third-order valence-electron chi connectivity index (χ3n) is 8.21. The monoisotopic (exact) mass is 511 g/mol. The molecule has 7 rings (SSSR count). The van der Waals surface area contributed by atoms with Crippen molar-refractivity contribution in [2.45, 2.75) is 56.8 Å². The summed E-state index contributed by atoms with van der Waals surface area (Å²) in [6.07, 6.45) is 7.99. The number of hydrogen-bond acceptors (Lipinski definition) is 5. The van der Waals surface area contributed by atoms with E-state index in [0.29, 0.717) is 29.3 Å². The Labute approximate surface area is 218 Å². The lowest BCUT2D eigenvalue weighted by atomic mass is 9.98. The minimum atomic E-state index is -0.124. The molecule has 37 heavy (non-hydrogen) atoms. The first-order chi connectivity index (χ1) is 17.9. The molecule has 7 nitrogen and oxygen atoms in total. The fraction of sp³-hybridized carbons (Fsp3) is 0.345. The number of aromatic amines is 1. The Bertz CT molecular complexity index is 1580. The van der Waals surface area contributed by atoms with Crippen molar-refractivity contribution in [1.29, 1.82) is 0 Å². The highest BCUT2D eigenvalue weighted by Crippen LogP contribution is 2.56. The van der Waals surface area contributed by atoms with Crippen molar-refractivity contribution in [3.63, 3.8) is 0 Å². The average Bonchev–Trinajstić information content (AvgIpc) is 3.24. The molecule has 0 radical (unpaired) electrons. The predicted octanol–water partition coefficient (Wildman–Crippen LogP) is 6.38. The summed E-state index contributed by atoms with van der Waals surface area (Å²) in [4.78, 5) is 28.3. The van der Waals surface area contributed by atoms with Gasteiger partial charge in [-0.25, -0.2) is 0 Å². The van der Waals surface area contributed by atoms with Gasteiger partial charge in [0.2, 0.25) is 0 Å². The molecule has 2 unspecified atom stereocenters. The van der Waals surface area contributed by atoms with Crippen molar-refractivity contribution in [3.05, 3.63) is 79.5 Å². The summed E-state index contributed by atoms with van der Waals surface area (Å²) < 4.78 is 1.58. The second kappa shape index (κ2) is 8.45. The zero-order chi connectivity index (χ0) is 25.3. The van der Waals surface area contributed by atoms with Crippen LogP contribution in [0.4, 0.5) is 17.2 Å². The summed E-state index contributed by atoms with van der Waals surface area (Å²) in [5, 5.41) is 13.8. The van der Waals surface area contributed by atoms with Gasteiger partial charge in [-0.05, 0) is 85.8 Å². The van der Waals surface area contributed by atoms with Crippen LogP contribution in [-0.2, 0) is 7.05 Å². The number of anilines is 3. The maximum atomic E-state index is 13.2. The van der Waals surface area contributed by atoms with Crippen molar-refractivity contribution in [2.75, 3.05) is 10.6 Å².